The molecule has 0 spiro atoms. The summed E-state index contributed by atoms with van der Waals surface area (Å²) in [5.74, 6) is 1.71. The summed E-state index contributed by atoms with van der Waals surface area (Å²) in [5, 5.41) is 2.52. The molecule has 0 aromatic heterocycles. The van der Waals surface area contributed by atoms with Crippen LogP contribution < -0.4 is 9.64 Å². The fraction of sp³-hybridized carbons (Fsp3) is 0.0244. The molecule has 43 heavy (non-hydrogen) atoms. The molecule has 0 unspecified atom stereocenters. The summed E-state index contributed by atoms with van der Waals surface area (Å²) < 4.78 is 6.54. The minimum absolute atomic E-state index is 0.855. The van der Waals surface area contributed by atoms with E-state index in [-0.39, 0.29) is 0 Å². The van der Waals surface area contributed by atoms with Crippen LogP contribution in [-0.4, -0.2) is 0 Å². The van der Waals surface area contributed by atoms with E-state index >= 15 is 0 Å². The van der Waals surface area contributed by atoms with Crippen LogP contribution in [0.25, 0.3) is 44.2 Å². The molecule has 0 N–H and O–H groups in total. The van der Waals surface area contributed by atoms with Gasteiger partial charge in [0.2, 0.25) is 0 Å². The fourth-order valence-electron chi connectivity index (χ4n) is 6.79. The highest BCUT2D eigenvalue weighted by Gasteiger charge is 2.26. The molecule has 0 radical (unpaired) electrons. The van der Waals surface area contributed by atoms with Gasteiger partial charge in [-0.3, -0.25) is 0 Å². The number of benzene rings is 7. The molecule has 7 aromatic carbocycles. The third kappa shape index (κ3) is 3.88. The van der Waals surface area contributed by atoms with Gasteiger partial charge in [-0.05, 0) is 104 Å². The number of para-hydroxylation sites is 2. The van der Waals surface area contributed by atoms with Crippen LogP contribution in [0, 0.1) is 0 Å². The Kier molecular flexibility index (Phi) is 5.30. The van der Waals surface area contributed by atoms with Gasteiger partial charge in [-0.1, -0.05) is 109 Å². The van der Waals surface area contributed by atoms with Crippen molar-refractivity contribution in [3.05, 3.63) is 163 Å². The topological polar surface area (TPSA) is 12.5 Å². The van der Waals surface area contributed by atoms with E-state index in [0.29, 0.717) is 0 Å². The van der Waals surface area contributed by atoms with Crippen LogP contribution in [0.2, 0.25) is 0 Å². The zero-order valence-electron chi connectivity index (χ0n) is 23.5. The van der Waals surface area contributed by atoms with Gasteiger partial charge in [-0.15, -0.1) is 0 Å². The van der Waals surface area contributed by atoms with Crippen LogP contribution in [0.4, 0.5) is 17.1 Å². The number of ether oxygens (including phenoxy) is 1. The minimum atomic E-state index is 0.855. The van der Waals surface area contributed by atoms with Gasteiger partial charge in [0.25, 0.3) is 0 Å². The molecule has 202 valence electrons. The Morgan fingerprint density at radius 1 is 0.442 bits per heavy atom. The second kappa shape index (κ2) is 9.47. The van der Waals surface area contributed by atoms with Crippen molar-refractivity contribution >= 4 is 27.8 Å². The molecule has 0 saturated carbocycles. The minimum Gasteiger partial charge on any atom is -0.453 e. The molecule has 0 amide bonds. The van der Waals surface area contributed by atoms with Crippen molar-refractivity contribution in [3.63, 3.8) is 0 Å². The standard InChI is InChI=1S/C41H27NO/c1-3-11-34-27(8-1)10-7-13-35(34)28-18-21-33(22-19-28)42-38-14-5-6-15-40(38)43-41-26-30(20-23-39(41)42)29-16-17-32-24-31-9-2-4-12-36(31)37(32)25-29/h1-23,25-26H,24H2. The average molecular weight is 550 g/mol. The maximum absolute atomic E-state index is 6.54. The predicted molar refractivity (Wildman–Crippen MR) is 178 cm³/mol. The van der Waals surface area contributed by atoms with Gasteiger partial charge in [0, 0.05) is 5.69 Å². The number of rotatable bonds is 3. The molecule has 2 aliphatic rings. The van der Waals surface area contributed by atoms with Crippen LogP contribution in [0.3, 0.4) is 0 Å². The highest BCUT2D eigenvalue weighted by atomic mass is 16.5. The molecule has 0 saturated heterocycles. The molecular weight excluding hydrogens is 522 g/mol. The van der Waals surface area contributed by atoms with Crippen molar-refractivity contribution in [2.45, 2.75) is 6.42 Å². The first-order chi connectivity index (χ1) is 21.3. The largest absolute Gasteiger partial charge is 0.453 e. The highest BCUT2D eigenvalue weighted by molar-refractivity contribution is 5.97. The average Bonchev–Trinajstić information content (AvgIpc) is 3.45. The van der Waals surface area contributed by atoms with Crippen molar-refractivity contribution in [3.8, 4) is 44.9 Å². The second-order valence-electron chi connectivity index (χ2n) is 11.4. The predicted octanol–water partition coefficient (Wildman–Crippen LogP) is 11.3. The van der Waals surface area contributed by atoms with Crippen molar-refractivity contribution in [1.82, 2.24) is 0 Å². The third-order valence-electron chi connectivity index (χ3n) is 8.88. The van der Waals surface area contributed by atoms with Crippen LogP contribution in [-0.2, 0) is 6.42 Å². The molecule has 0 atom stereocenters. The number of fused-ring (bicyclic) bond motifs is 6. The van der Waals surface area contributed by atoms with E-state index in [1.165, 1.54) is 49.7 Å². The summed E-state index contributed by atoms with van der Waals surface area (Å²) in [6, 6.07) is 54.5. The lowest BCUT2D eigenvalue weighted by Gasteiger charge is -2.33. The zero-order valence-corrected chi connectivity index (χ0v) is 23.5. The lowest BCUT2D eigenvalue weighted by Crippen LogP contribution is -2.15. The number of nitrogens with zero attached hydrogens (tertiary/aromatic N) is 1. The van der Waals surface area contributed by atoms with Crippen LogP contribution >= 0.6 is 0 Å². The molecule has 2 heteroatoms. The molecule has 1 aliphatic carbocycles. The number of anilines is 3. The van der Waals surface area contributed by atoms with E-state index in [4.69, 9.17) is 4.74 Å². The van der Waals surface area contributed by atoms with E-state index in [1.54, 1.807) is 0 Å². The maximum atomic E-state index is 6.54. The maximum Gasteiger partial charge on any atom is 0.152 e. The van der Waals surface area contributed by atoms with Gasteiger partial charge in [0.05, 0.1) is 11.4 Å². The Bertz CT molecular complexity index is 2190. The van der Waals surface area contributed by atoms with E-state index < -0.39 is 0 Å². The van der Waals surface area contributed by atoms with Gasteiger partial charge in [0.1, 0.15) is 0 Å². The molecule has 1 aliphatic heterocycles. The Morgan fingerprint density at radius 2 is 1.12 bits per heavy atom. The Balaban J connectivity index is 1.12. The molecule has 7 aromatic rings. The van der Waals surface area contributed by atoms with Crippen molar-refractivity contribution in [2.24, 2.45) is 0 Å². The first-order valence-electron chi connectivity index (χ1n) is 14.8. The zero-order chi connectivity index (χ0) is 28.3. The van der Waals surface area contributed by atoms with Crippen molar-refractivity contribution in [2.75, 3.05) is 4.90 Å². The lowest BCUT2D eigenvalue weighted by molar-refractivity contribution is 0.477. The van der Waals surface area contributed by atoms with E-state index in [9.17, 15) is 0 Å². The van der Waals surface area contributed by atoms with Crippen LogP contribution in [0.15, 0.2) is 152 Å². The Labute approximate surface area is 251 Å². The van der Waals surface area contributed by atoms with Crippen molar-refractivity contribution in [1.29, 1.82) is 0 Å². The second-order valence-corrected chi connectivity index (χ2v) is 11.4. The quantitative estimate of drug-likeness (QED) is 0.217. The lowest BCUT2D eigenvalue weighted by atomic mass is 9.97. The van der Waals surface area contributed by atoms with Crippen LogP contribution in [0.1, 0.15) is 11.1 Å². The Morgan fingerprint density at radius 3 is 2.07 bits per heavy atom. The first kappa shape index (κ1) is 24.0. The fourth-order valence-corrected chi connectivity index (χ4v) is 6.79. The van der Waals surface area contributed by atoms with E-state index in [0.717, 1.165) is 40.5 Å². The number of hydrogen-bond donors (Lipinski definition) is 0. The molecule has 9 rings (SSSR count). The Hall–Kier alpha value is -5.60. The first-order valence-corrected chi connectivity index (χ1v) is 14.8. The van der Waals surface area contributed by atoms with Gasteiger partial charge in [0.15, 0.2) is 11.5 Å². The normalized spacial score (nSPS) is 12.7. The summed E-state index contributed by atoms with van der Waals surface area (Å²) in [6.45, 7) is 0. The van der Waals surface area contributed by atoms with Gasteiger partial charge in [-0.25, -0.2) is 0 Å². The van der Waals surface area contributed by atoms with Gasteiger partial charge in [-0.2, -0.15) is 0 Å². The smallest absolute Gasteiger partial charge is 0.152 e. The van der Waals surface area contributed by atoms with E-state index in [1.807, 2.05) is 6.07 Å². The number of hydrogen-bond acceptors (Lipinski definition) is 2. The van der Waals surface area contributed by atoms with Gasteiger partial charge >= 0.3 is 0 Å². The highest BCUT2D eigenvalue weighted by Crippen LogP contribution is 2.51. The SMILES string of the molecule is c1ccc2c(c1)Cc1ccc(-c3ccc4c(c3)Oc3ccccc3N4c3ccc(-c4cccc5ccccc45)cc3)cc1-2. The van der Waals surface area contributed by atoms with E-state index in [2.05, 4.69) is 150 Å². The molecule has 1 heterocycles. The summed E-state index contributed by atoms with van der Waals surface area (Å²) in [7, 11) is 0. The van der Waals surface area contributed by atoms with Crippen LogP contribution in [0.5, 0.6) is 11.5 Å². The third-order valence-corrected chi connectivity index (χ3v) is 8.88. The molecule has 0 bridgehead atoms. The summed E-state index contributed by atoms with van der Waals surface area (Å²) in [6.07, 6.45) is 1.00. The summed E-state index contributed by atoms with van der Waals surface area (Å²) in [4.78, 5) is 2.31. The molecular formula is C41H27NO. The summed E-state index contributed by atoms with van der Waals surface area (Å²) >= 11 is 0. The molecule has 0 fully saturated rings. The van der Waals surface area contributed by atoms with Crippen molar-refractivity contribution < 1.29 is 4.74 Å². The molecule has 2 nitrogen and oxygen atoms in total. The summed E-state index contributed by atoms with van der Waals surface area (Å²) in [5.41, 5.74) is 13.5. The van der Waals surface area contributed by atoms with Gasteiger partial charge < -0.3 is 9.64 Å². The monoisotopic (exact) mass is 549 g/mol.